The predicted octanol–water partition coefficient (Wildman–Crippen LogP) is 1.56. The third kappa shape index (κ3) is 2.81. The fourth-order valence-corrected chi connectivity index (χ4v) is 4.29. The number of rotatable bonds is 4. The molecule has 1 aliphatic heterocycles. The second-order valence-electron chi connectivity index (χ2n) is 4.66. The number of aromatic nitrogens is 1. The van der Waals surface area contributed by atoms with E-state index in [0.717, 1.165) is 12.1 Å². The maximum absolute atomic E-state index is 12.7. The second kappa shape index (κ2) is 5.83. The third-order valence-corrected chi connectivity index (χ3v) is 5.66. The van der Waals surface area contributed by atoms with Gasteiger partial charge in [-0.3, -0.25) is 0 Å². The lowest BCUT2D eigenvalue weighted by Crippen LogP contribution is -2.48. The van der Waals surface area contributed by atoms with Gasteiger partial charge in [0.05, 0.1) is 19.1 Å². The van der Waals surface area contributed by atoms with E-state index in [4.69, 9.17) is 16.3 Å². The van der Waals surface area contributed by atoms with Crippen LogP contribution < -0.4 is 0 Å². The van der Waals surface area contributed by atoms with Gasteiger partial charge < -0.3 is 9.30 Å². The molecule has 7 heteroatoms. The molecule has 1 aromatic rings. The fourth-order valence-electron chi connectivity index (χ4n) is 2.26. The van der Waals surface area contributed by atoms with Crippen molar-refractivity contribution in [2.45, 2.75) is 30.2 Å². The molecule has 0 amide bonds. The smallest absolute Gasteiger partial charge is 0.245 e. The van der Waals surface area contributed by atoms with Crippen LogP contribution in [0, 0.1) is 0 Å². The summed E-state index contributed by atoms with van der Waals surface area (Å²) in [5.74, 6) is 0.298. The van der Waals surface area contributed by atoms with Crippen LogP contribution in [-0.4, -0.2) is 43.1 Å². The molecule has 5 nitrogen and oxygen atoms in total. The average molecular weight is 307 g/mol. The van der Waals surface area contributed by atoms with Gasteiger partial charge in [0.15, 0.2) is 0 Å². The molecule has 0 aromatic carbocycles. The molecular weight excluding hydrogens is 288 g/mol. The molecule has 1 unspecified atom stereocenters. The Bertz CT molecular complexity index is 541. The summed E-state index contributed by atoms with van der Waals surface area (Å²) in [6.45, 7) is 3.29. The Kier molecular flexibility index (Phi) is 4.55. The maximum atomic E-state index is 12.7. The number of alkyl halides is 1. The van der Waals surface area contributed by atoms with Crippen molar-refractivity contribution >= 4 is 21.6 Å². The molecule has 1 atom stereocenters. The zero-order chi connectivity index (χ0) is 14.0. The molecular formula is C12H19ClN2O3S. The van der Waals surface area contributed by atoms with E-state index in [9.17, 15) is 8.42 Å². The first kappa shape index (κ1) is 14.8. The number of morpholine rings is 1. The van der Waals surface area contributed by atoms with Gasteiger partial charge in [-0.15, -0.1) is 11.6 Å². The molecule has 1 aromatic heterocycles. The zero-order valence-corrected chi connectivity index (χ0v) is 12.7. The Morgan fingerprint density at radius 1 is 1.53 bits per heavy atom. The number of halogens is 1. The van der Waals surface area contributed by atoms with Gasteiger partial charge in [0.25, 0.3) is 0 Å². The first-order valence-electron chi connectivity index (χ1n) is 6.31. The van der Waals surface area contributed by atoms with Gasteiger partial charge in [0.1, 0.15) is 4.90 Å². The summed E-state index contributed by atoms with van der Waals surface area (Å²) in [7, 11) is -1.66. The van der Waals surface area contributed by atoms with Crippen molar-refractivity contribution in [3.05, 3.63) is 18.0 Å². The van der Waals surface area contributed by atoms with Crippen LogP contribution in [0.3, 0.4) is 0 Å². The van der Waals surface area contributed by atoms with E-state index in [2.05, 4.69) is 0 Å². The predicted molar refractivity (Wildman–Crippen MR) is 73.8 cm³/mol. The van der Waals surface area contributed by atoms with Crippen molar-refractivity contribution in [1.82, 2.24) is 8.87 Å². The molecule has 1 aliphatic rings. The molecule has 0 N–H and O–H groups in total. The standard InChI is InChI=1S/C12H19ClN2O3S/c1-3-10-9-18-5-4-15(10)19(16,17)12-6-11(7-13)14(2)8-12/h6,8,10H,3-5,7,9H2,1-2H3. The second-order valence-corrected chi connectivity index (χ2v) is 6.82. The third-order valence-electron chi connectivity index (χ3n) is 3.47. The van der Waals surface area contributed by atoms with Gasteiger partial charge in [0.2, 0.25) is 10.0 Å². The zero-order valence-electron chi connectivity index (χ0n) is 11.2. The molecule has 2 heterocycles. The van der Waals surface area contributed by atoms with Crippen LogP contribution in [0.4, 0.5) is 0 Å². The Labute approximate surface area is 119 Å². The molecule has 0 bridgehead atoms. The van der Waals surface area contributed by atoms with Crippen LogP contribution in [-0.2, 0) is 27.7 Å². The maximum Gasteiger partial charge on any atom is 0.245 e. The number of nitrogens with zero attached hydrogens (tertiary/aromatic N) is 2. The molecule has 0 spiro atoms. The van der Waals surface area contributed by atoms with Crippen LogP contribution in [0.5, 0.6) is 0 Å². The molecule has 0 aliphatic carbocycles. The number of aryl methyl sites for hydroxylation is 1. The summed E-state index contributed by atoms with van der Waals surface area (Å²) in [6.07, 6.45) is 2.36. The van der Waals surface area contributed by atoms with Gasteiger partial charge in [0, 0.05) is 31.5 Å². The summed E-state index contributed by atoms with van der Waals surface area (Å²) in [6, 6.07) is 1.56. The first-order valence-corrected chi connectivity index (χ1v) is 8.29. The Balaban J connectivity index is 2.34. The molecule has 2 rings (SSSR count). The summed E-state index contributed by atoms with van der Waals surface area (Å²) in [4.78, 5) is 0.311. The molecule has 108 valence electrons. The highest BCUT2D eigenvalue weighted by Gasteiger charge is 2.33. The van der Waals surface area contributed by atoms with Crippen molar-refractivity contribution < 1.29 is 13.2 Å². The van der Waals surface area contributed by atoms with Gasteiger partial charge in [-0.2, -0.15) is 4.31 Å². The molecule has 1 saturated heterocycles. The van der Waals surface area contributed by atoms with Crippen LogP contribution in [0.15, 0.2) is 17.2 Å². The Morgan fingerprint density at radius 2 is 2.26 bits per heavy atom. The van der Waals surface area contributed by atoms with Crippen molar-refractivity contribution in [1.29, 1.82) is 0 Å². The van der Waals surface area contributed by atoms with Gasteiger partial charge in [-0.05, 0) is 12.5 Å². The highest BCUT2D eigenvalue weighted by atomic mass is 35.5. The quantitative estimate of drug-likeness (QED) is 0.793. The lowest BCUT2D eigenvalue weighted by molar-refractivity contribution is 0.0314. The summed E-state index contributed by atoms with van der Waals surface area (Å²) >= 11 is 5.79. The Hall–Kier alpha value is -0.560. The van der Waals surface area contributed by atoms with Crippen LogP contribution in [0.25, 0.3) is 0 Å². The Morgan fingerprint density at radius 3 is 2.84 bits per heavy atom. The van der Waals surface area contributed by atoms with E-state index in [1.165, 1.54) is 0 Å². The average Bonchev–Trinajstić information content (AvgIpc) is 2.80. The number of ether oxygens (including phenoxy) is 1. The lowest BCUT2D eigenvalue weighted by Gasteiger charge is -2.33. The van der Waals surface area contributed by atoms with Crippen LogP contribution in [0.2, 0.25) is 0 Å². The molecule has 1 fully saturated rings. The van der Waals surface area contributed by atoms with Crippen LogP contribution >= 0.6 is 11.6 Å². The normalized spacial score (nSPS) is 21.7. The van der Waals surface area contributed by atoms with E-state index >= 15 is 0 Å². The largest absolute Gasteiger partial charge is 0.378 e. The van der Waals surface area contributed by atoms with Gasteiger partial charge >= 0.3 is 0 Å². The summed E-state index contributed by atoms with van der Waals surface area (Å²) in [5.41, 5.74) is 0.793. The molecule has 0 saturated carbocycles. The van der Waals surface area contributed by atoms with E-state index in [-0.39, 0.29) is 6.04 Å². The number of sulfonamides is 1. The molecule has 0 radical (unpaired) electrons. The SMILES string of the molecule is CCC1COCCN1S(=O)(=O)c1cc(CCl)n(C)c1. The summed E-state index contributed by atoms with van der Waals surface area (Å²) < 4.78 is 34.0. The fraction of sp³-hybridized carbons (Fsp3) is 0.667. The van der Waals surface area contributed by atoms with Gasteiger partial charge in [-0.1, -0.05) is 6.92 Å². The lowest BCUT2D eigenvalue weighted by atomic mass is 10.2. The van der Waals surface area contributed by atoms with E-state index < -0.39 is 10.0 Å². The topological polar surface area (TPSA) is 51.5 Å². The van der Waals surface area contributed by atoms with E-state index in [1.54, 1.807) is 28.2 Å². The number of hydrogen-bond acceptors (Lipinski definition) is 3. The van der Waals surface area contributed by atoms with Gasteiger partial charge in [-0.25, -0.2) is 8.42 Å². The summed E-state index contributed by atoms with van der Waals surface area (Å²) in [5, 5.41) is 0. The van der Waals surface area contributed by atoms with Crippen molar-refractivity contribution in [2.75, 3.05) is 19.8 Å². The van der Waals surface area contributed by atoms with E-state index in [0.29, 0.717) is 30.5 Å². The minimum absolute atomic E-state index is 0.0848. The molecule has 19 heavy (non-hydrogen) atoms. The van der Waals surface area contributed by atoms with Crippen LogP contribution in [0.1, 0.15) is 19.0 Å². The number of hydrogen-bond donors (Lipinski definition) is 0. The van der Waals surface area contributed by atoms with Crippen molar-refractivity contribution in [3.8, 4) is 0 Å². The minimum Gasteiger partial charge on any atom is -0.378 e. The first-order chi connectivity index (χ1) is 9.00. The monoisotopic (exact) mass is 306 g/mol. The highest BCUT2D eigenvalue weighted by Crippen LogP contribution is 2.24. The van der Waals surface area contributed by atoms with Crippen molar-refractivity contribution in [3.63, 3.8) is 0 Å². The minimum atomic E-state index is -3.46. The van der Waals surface area contributed by atoms with E-state index in [1.807, 2.05) is 6.92 Å². The van der Waals surface area contributed by atoms with Crippen molar-refractivity contribution in [2.24, 2.45) is 7.05 Å². The highest BCUT2D eigenvalue weighted by molar-refractivity contribution is 7.89.